The number of hydrogen-bond donors (Lipinski definition) is 2. The van der Waals surface area contributed by atoms with Crippen LogP contribution in [0.2, 0.25) is 0 Å². The van der Waals surface area contributed by atoms with Crippen LogP contribution in [0.3, 0.4) is 0 Å². The number of hydroxylamine groups is 2. The highest BCUT2D eigenvalue weighted by atomic mass is 16.7. The van der Waals surface area contributed by atoms with Gasteiger partial charge in [-0.05, 0) is 0 Å². The molecule has 0 aromatic rings. The average Bonchev–Trinajstić information content (AvgIpc) is 2.14. The normalized spacial score (nSPS) is 26.8. The zero-order chi connectivity index (χ0) is 6.85. The molecule has 1 fully saturated rings. The van der Waals surface area contributed by atoms with Gasteiger partial charge < -0.3 is 10.2 Å². The summed E-state index contributed by atoms with van der Waals surface area (Å²) in [5, 5.41) is 17.7. The number of nitrogens with zero attached hydrogens (tertiary/aromatic N) is 1. The summed E-state index contributed by atoms with van der Waals surface area (Å²) in [4.78, 5) is 14.5. The lowest BCUT2D eigenvalue weighted by Crippen LogP contribution is -2.26. The number of aliphatic hydroxyl groups excluding tert-OH is 1. The summed E-state index contributed by atoms with van der Waals surface area (Å²) in [5.74, 6) is 0. The van der Waals surface area contributed by atoms with Gasteiger partial charge in [0.1, 0.15) is 12.7 Å². The Morgan fingerprint density at radius 3 is 2.67 bits per heavy atom. The van der Waals surface area contributed by atoms with E-state index in [1.165, 1.54) is 0 Å². The molecule has 0 aliphatic carbocycles. The van der Waals surface area contributed by atoms with Crippen molar-refractivity contribution in [3.63, 3.8) is 0 Å². The summed E-state index contributed by atoms with van der Waals surface area (Å²) in [6, 6.07) is 0. The molecule has 1 rings (SSSR count). The van der Waals surface area contributed by atoms with Crippen molar-refractivity contribution < 1.29 is 19.8 Å². The van der Waals surface area contributed by atoms with Gasteiger partial charge in [-0.2, -0.15) is 5.06 Å². The summed E-state index contributed by atoms with van der Waals surface area (Å²) < 4.78 is 0. The molecule has 1 amide bonds. The second-order valence-electron chi connectivity index (χ2n) is 1.79. The fourth-order valence-electron chi connectivity index (χ4n) is 0.606. The second-order valence-corrected chi connectivity index (χ2v) is 1.79. The molecule has 2 N–H and O–H groups in total. The van der Waals surface area contributed by atoms with E-state index < -0.39 is 12.2 Å². The smallest absolute Gasteiger partial charge is 0.431 e. The van der Waals surface area contributed by atoms with E-state index in [4.69, 9.17) is 10.2 Å². The first-order valence-electron chi connectivity index (χ1n) is 2.51. The van der Waals surface area contributed by atoms with Crippen molar-refractivity contribution in [2.24, 2.45) is 0 Å². The SMILES string of the molecule is O=C(O)N1CC(O)CO1. The topological polar surface area (TPSA) is 70.0 Å². The second kappa shape index (κ2) is 2.20. The van der Waals surface area contributed by atoms with E-state index >= 15 is 0 Å². The highest BCUT2D eigenvalue weighted by Crippen LogP contribution is 2.04. The Kier molecular flexibility index (Phi) is 1.54. The highest BCUT2D eigenvalue weighted by Gasteiger charge is 2.25. The minimum atomic E-state index is -1.16. The number of rotatable bonds is 0. The number of hydrogen-bond acceptors (Lipinski definition) is 3. The largest absolute Gasteiger partial charge is 0.463 e. The molecule has 0 aromatic carbocycles. The van der Waals surface area contributed by atoms with E-state index in [9.17, 15) is 4.79 Å². The average molecular weight is 133 g/mol. The molecule has 0 saturated carbocycles. The maximum absolute atomic E-state index is 10.0. The van der Waals surface area contributed by atoms with Gasteiger partial charge in [0, 0.05) is 0 Å². The molecule has 1 saturated heterocycles. The van der Waals surface area contributed by atoms with Crippen LogP contribution in [0, 0.1) is 0 Å². The first-order chi connectivity index (χ1) is 4.20. The summed E-state index contributed by atoms with van der Waals surface area (Å²) in [6.45, 7) is 0.127. The number of amides is 1. The maximum Gasteiger partial charge on any atom is 0.431 e. The predicted molar refractivity (Wildman–Crippen MR) is 26.7 cm³/mol. The van der Waals surface area contributed by atoms with Crippen LogP contribution >= 0.6 is 0 Å². The molecule has 0 aromatic heterocycles. The lowest BCUT2D eigenvalue weighted by molar-refractivity contribution is -0.0840. The fraction of sp³-hybridized carbons (Fsp3) is 0.750. The van der Waals surface area contributed by atoms with Crippen LogP contribution in [0.15, 0.2) is 0 Å². The first kappa shape index (κ1) is 6.31. The Balaban J connectivity index is 2.39. The summed E-state index contributed by atoms with van der Waals surface area (Å²) in [6.07, 6.45) is -1.83. The Labute approximate surface area is 51.4 Å². The van der Waals surface area contributed by atoms with Crippen LogP contribution in [0.5, 0.6) is 0 Å². The molecule has 1 heterocycles. The van der Waals surface area contributed by atoms with Crippen LogP contribution in [0.25, 0.3) is 0 Å². The summed E-state index contributed by atoms with van der Waals surface area (Å²) in [5.41, 5.74) is 0. The zero-order valence-corrected chi connectivity index (χ0v) is 4.65. The van der Waals surface area contributed by atoms with Crippen molar-refractivity contribution in [3.05, 3.63) is 0 Å². The van der Waals surface area contributed by atoms with Crippen LogP contribution < -0.4 is 0 Å². The van der Waals surface area contributed by atoms with Crippen molar-refractivity contribution in [1.29, 1.82) is 0 Å². The van der Waals surface area contributed by atoms with Crippen molar-refractivity contribution in [2.45, 2.75) is 6.10 Å². The first-order valence-corrected chi connectivity index (χ1v) is 2.51. The summed E-state index contributed by atoms with van der Waals surface area (Å²) in [7, 11) is 0. The van der Waals surface area contributed by atoms with Gasteiger partial charge in [0.15, 0.2) is 0 Å². The van der Waals surface area contributed by atoms with Gasteiger partial charge in [0.25, 0.3) is 0 Å². The maximum atomic E-state index is 10.0. The summed E-state index contributed by atoms with van der Waals surface area (Å²) >= 11 is 0. The van der Waals surface area contributed by atoms with Gasteiger partial charge >= 0.3 is 6.09 Å². The Morgan fingerprint density at radius 1 is 1.78 bits per heavy atom. The molecule has 1 unspecified atom stereocenters. The molecule has 1 aliphatic rings. The Bertz CT molecular complexity index is 126. The molecule has 0 radical (unpaired) electrons. The fourth-order valence-corrected chi connectivity index (χ4v) is 0.606. The number of aliphatic hydroxyl groups is 1. The molecular weight excluding hydrogens is 126 g/mol. The van der Waals surface area contributed by atoms with Crippen LogP contribution in [0.1, 0.15) is 0 Å². The molecule has 1 aliphatic heterocycles. The zero-order valence-electron chi connectivity index (χ0n) is 4.65. The van der Waals surface area contributed by atoms with E-state index in [0.717, 1.165) is 0 Å². The predicted octanol–water partition coefficient (Wildman–Crippen LogP) is -0.727. The molecule has 5 nitrogen and oxygen atoms in total. The van der Waals surface area contributed by atoms with Gasteiger partial charge in [-0.3, -0.25) is 4.84 Å². The standard InChI is InChI=1S/C4H7NO4/c6-3-1-5(4(7)8)9-2-3/h3,6H,1-2H2,(H,7,8). The molecular formula is C4H7NO4. The van der Waals surface area contributed by atoms with Crippen molar-refractivity contribution >= 4 is 6.09 Å². The van der Waals surface area contributed by atoms with E-state index in [1.807, 2.05) is 0 Å². The van der Waals surface area contributed by atoms with Crippen molar-refractivity contribution in [1.82, 2.24) is 5.06 Å². The molecule has 9 heavy (non-hydrogen) atoms. The molecule has 5 heteroatoms. The van der Waals surface area contributed by atoms with Crippen molar-refractivity contribution in [3.8, 4) is 0 Å². The van der Waals surface area contributed by atoms with E-state index in [0.29, 0.717) is 5.06 Å². The lowest BCUT2D eigenvalue weighted by atomic mass is 10.4. The number of β-amino-alcohol motifs (C(OH)–C–C–N with tert-alkyl or cyclic N) is 1. The number of carboxylic acid groups (broad SMARTS) is 1. The van der Waals surface area contributed by atoms with Gasteiger partial charge in [-0.1, -0.05) is 0 Å². The van der Waals surface area contributed by atoms with Gasteiger partial charge in [-0.25, -0.2) is 4.79 Å². The molecule has 52 valence electrons. The minimum absolute atomic E-state index is 0.0509. The molecule has 0 bridgehead atoms. The number of carbonyl (C=O) groups is 1. The third kappa shape index (κ3) is 1.30. The third-order valence-corrected chi connectivity index (χ3v) is 1.01. The van der Waals surface area contributed by atoms with Crippen LogP contribution in [-0.4, -0.2) is 40.6 Å². The molecule has 1 atom stereocenters. The minimum Gasteiger partial charge on any atom is -0.463 e. The Hall–Kier alpha value is -0.810. The lowest BCUT2D eigenvalue weighted by Gasteiger charge is -2.06. The van der Waals surface area contributed by atoms with Gasteiger partial charge in [0.2, 0.25) is 0 Å². The molecule has 0 spiro atoms. The van der Waals surface area contributed by atoms with Crippen molar-refractivity contribution in [2.75, 3.05) is 13.2 Å². The third-order valence-electron chi connectivity index (χ3n) is 1.01. The van der Waals surface area contributed by atoms with Gasteiger partial charge in [-0.15, -0.1) is 0 Å². The van der Waals surface area contributed by atoms with Crippen LogP contribution in [-0.2, 0) is 4.84 Å². The van der Waals surface area contributed by atoms with E-state index in [-0.39, 0.29) is 13.2 Å². The van der Waals surface area contributed by atoms with Gasteiger partial charge in [0.05, 0.1) is 6.54 Å². The van der Waals surface area contributed by atoms with E-state index in [1.54, 1.807) is 0 Å². The van der Waals surface area contributed by atoms with E-state index in [2.05, 4.69) is 4.84 Å². The van der Waals surface area contributed by atoms with Crippen LogP contribution in [0.4, 0.5) is 4.79 Å². The Morgan fingerprint density at radius 2 is 2.44 bits per heavy atom. The quantitative estimate of drug-likeness (QED) is 0.457. The monoisotopic (exact) mass is 133 g/mol. The highest BCUT2D eigenvalue weighted by molar-refractivity contribution is 5.63.